The molecule has 0 saturated heterocycles. The normalized spacial score (nSPS) is 11.1. The van der Waals surface area contributed by atoms with Crippen molar-refractivity contribution in [2.45, 2.75) is 6.42 Å². The highest BCUT2D eigenvalue weighted by molar-refractivity contribution is 5.96. The highest BCUT2D eigenvalue weighted by atomic mass is 16.5. The molecule has 3 nitrogen and oxygen atoms in total. The van der Waals surface area contributed by atoms with E-state index in [1.165, 1.54) is 5.39 Å². The van der Waals surface area contributed by atoms with Crippen molar-refractivity contribution in [3.8, 4) is 0 Å². The number of hydrogen-bond acceptors (Lipinski definition) is 2. The SMILES string of the molecule is COCCCN(C)C(=O)/C=C/c1cccc2ccccc12. The molecule has 0 aliphatic heterocycles. The Morgan fingerprint density at radius 1 is 1.19 bits per heavy atom. The van der Waals surface area contributed by atoms with E-state index in [-0.39, 0.29) is 5.91 Å². The van der Waals surface area contributed by atoms with E-state index in [4.69, 9.17) is 4.74 Å². The highest BCUT2D eigenvalue weighted by Crippen LogP contribution is 2.19. The predicted octanol–water partition coefficient (Wildman–Crippen LogP) is 3.35. The van der Waals surface area contributed by atoms with Crippen LogP contribution in [-0.4, -0.2) is 38.1 Å². The lowest BCUT2D eigenvalue weighted by molar-refractivity contribution is -0.124. The first-order chi connectivity index (χ1) is 10.2. The van der Waals surface area contributed by atoms with E-state index in [0.717, 1.165) is 17.4 Å². The molecule has 0 atom stereocenters. The maximum atomic E-state index is 12.0. The van der Waals surface area contributed by atoms with E-state index in [9.17, 15) is 4.79 Å². The van der Waals surface area contributed by atoms with E-state index in [1.807, 2.05) is 37.4 Å². The van der Waals surface area contributed by atoms with Gasteiger partial charge in [0.1, 0.15) is 0 Å². The first kappa shape index (κ1) is 15.3. The molecule has 21 heavy (non-hydrogen) atoms. The minimum absolute atomic E-state index is 0.0130. The molecule has 110 valence electrons. The van der Waals surface area contributed by atoms with Crippen LogP contribution >= 0.6 is 0 Å². The van der Waals surface area contributed by atoms with Crippen LogP contribution in [0.15, 0.2) is 48.5 Å². The number of hydrogen-bond donors (Lipinski definition) is 0. The summed E-state index contributed by atoms with van der Waals surface area (Å²) in [7, 11) is 3.48. The summed E-state index contributed by atoms with van der Waals surface area (Å²) in [5, 5.41) is 2.34. The molecule has 1 amide bonds. The third kappa shape index (κ3) is 4.17. The first-order valence-corrected chi connectivity index (χ1v) is 7.12. The zero-order valence-corrected chi connectivity index (χ0v) is 12.6. The molecule has 3 heteroatoms. The van der Waals surface area contributed by atoms with Crippen molar-refractivity contribution >= 4 is 22.8 Å². The maximum Gasteiger partial charge on any atom is 0.246 e. The van der Waals surface area contributed by atoms with Crippen LogP contribution in [0.2, 0.25) is 0 Å². The molecule has 0 fully saturated rings. The van der Waals surface area contributed by atoms with Crippen LogP contribution in [0.1, 0.15) is 12.0 Å². The topological polar surface area (TPSA) is 29.5 Å². The van der Waals surface area contributed by atoms with Crippen LogP contribution in [0.4, 0.5) is 0 Å². The Morgan fingerprint density at radius 2 is 1.95 bits per heavy atom. The number of nitrogens with zero attached hydrogens (tertiary/aromatic N) is 1. The van der Waals surface area contributed by atoms with E-state index in [0.29, 0.717) is 13.2 Å². The molecular weight excluding hydrogens is 262 g/mol. The summed E-state index contributed by atoms with van der Waals surface area (Å²) < 4.78 is 4.99. The van der Waals surface area contributed by atoms with Crippen molar-refractivity contribution in [1.29, 1.82) is 0 Å². The predicted molar refractivity (Wildman–Crippen MR) is 87.1 cm³/mol. The Balaban J connectivity index is 2.07. The van der Waals surface area contributed by atoms with Crippen LogP contribution in [0.5, 0.6) is 0 Å². The number of ether oxygens (including phenoxy) is 1. The summed E-state index contributed by atoms with van der Waals surface area (Å²) in [5.74, 6) is 0.0130. The number of fused-ring (bicyclic) bond motifs is 1. The molecule has 0 N–H and O–H groups in total. The molecule has 2 aromatic rings. The van der Waals surface area contributed by atoms with Gasteiger partial charge in [0.15, 0.2) is 0 Å². The number of benzene rings is 2. The molecule has 0 saturated carbocycles. The quantitative estimate of drug-likeness (QED) is 0.601. The smallest absolute Gasteiger partial charge is 0.246 e. The second kappa shape index (κ2) is 7.60. The van der Waals surface area contributed by atoms with Gasteiger partial charge < -0.3 is 9.64 Å². The molecule has 0 radical (unpaired) electrons. The van der Waals surface area contributed by atoms with Crippen molar-refractivity contribution in [3.05, 3.63) is 54.1 Å². The van der Waals surface area contributed by atoms with E-state index in [2.05, 4.69) is 18.2 Å². The van der Waals surface area contributed by atoms with Gasteiger partial charge in [-0.05, 0) is 28.8 Å². The molecule has 0 aliphatic carbocycles. The minimum Gasteiger partial charge on any atom is -0.385 e. The Labute approximate surface area is 125 Å². The summed E-state index contributed by atoms with van der Waals surface area (Å²) in [6, 6.07) is 14.3. The van der Waals surface area contributed by atoms with Gasteiger partial charge in [0.05, 0.1) is 0 Å². The highest BCUT2D eigenvalue weighted by Gasteiger charge is 2.04. The van der Waals surface area contributed by atoms with Crippen molar-refractivity contribution in [1.82, 2.24) is 4.90 Å². The van der Waals surface area contributed by atoms with Gasteiger partial charge in [0.2, 0.25) is 5.91 Å². The molecule has 0 unspecified atom stereocenters. The summed E-state index contributed by atoms with van der Waals surface area (Å²) in [6.07, 6.45) is 4.37. The van der Waals surface area contributed by atoms with Crippen molar-refractivity contribution in [2.24, 2.45) is 0 Å². The lowest BCUT2D eigenvalue weighted by Gasteiger charge is -2.14. The van der Waals surface area contributed by atoms with Crippen LogP contribution < -0.4 is 0 Å². The summed E-state index contributed by atoms with van der Waals surface area (Å²) in [4.78, 5) is 13.8. The Kier molecular flexibility index (Phi) is 5.52. The number of carbonyl (C=O) groups is 1. The number of rotatable bonds is 6. The lowest BCUT2D eigenvalue weighted by atomic mass is 10.0. The van der Waals surface area contributed by atoms with Gasteiger partial charge in [0.25, 0.3) is 0 Å². The average Bonchev–Trinajstić information content (AvgIpc) is 2.52. The summed E-state index contributed by atoms with van der Waals surface area (Å²) in [5.41, 5.74) is 1.06. The lowest BCUT2D eigenvalue weighted by Crippen LogP contribution is -2.26. The third-order valence-electron chi connectivity index (χ3n) is 3.45. The van der Waals surface area contributed by atoms with Gasteiger partial charge in [-0.3, -0.25) is 4.79 Å². The number of amides is 1. The Hall–Kier alpha value is -2.13. The van der Waals surface area contributed by atoms with Gasteiger partial charge in [0, 0.05) is 33.4 Å². The minimum atomic E-state index is 0.0130. The van der Waals surface area contributed by atoms with Crippen molar-refractivity contribution in [2.75, 3.05) is 27.3 Å². The Morgan fingerprint density at radius 3 is 2.76 bits per heavy atom. The summed E-state index contributed by atoms with van der Waals surface area (Å²) >= 11 is 0. The van der Waals surface area contributed by atoms with Crippen LogP contribution in [0.3, 0.4) is 0 Å². The average molecular weight is 283 g/mol. The van der Waals surface area contributed by atoms with E-state index < -0.39 is 0 Å². The fraction of sp³-hybridized carbons (Fsp3) is 0.278. The standard InChI is InChI=1S/C18H21NO2/c1-19(13-6-14-21-2)18(20)12-11-16-9-5-8-15-7-3-4-10-17(15)16/h3-5,7-12H,6,13-14H2,1-2H3/b12-11+. The number of carbonyl (C=O) groups excluding carboxylic acids is 1. The second-order valence-corrected chi connectivity index (χ2v) is 5.01. The van der Waals surface area contributed by atoms with Crippen molar-refractivity contribution in [3.63, 3.8) is 0 Å². The second-order valence-electron chi connectivity index (χ2n) is 5.01. The maximum absolute atomic E-state index is 12.0. The van der Waals surface area contributed by atoms with E-state index >= 15 is 0 Å². The van der Waals surface area contributed by atoms with Gasteiger partial charge >= 0.3 is 0 Å². The molecule has 2 aromatic carbocycles. The first-order valence-electron chi connectivity index (χ1n) is 7.12. The fourth-order valence-corrected chi connectivity index (χ4v) is 2.24. The van der Waals surface area contributed by atoms with Crippen LogP contribution in [0, 0.1) is 0 Å². The monoisotopic (exact) mass is 283 g/mol. The molecular formula is C18H21NO2. The zero-order chi connectivity index (χ0) is 15.1. The van der Waals surface area contributed by atoms with Gasteiger partial charge in [-0.2, -0.15) is 0 Å². The summed E-state index contributed by atoms with van der Waals surface area (Å²) in [6.45, 7) is 1.37. The van der Waals surface area contributed by atoms with Crippen LogP contribution in [0.25, 0.3) is 16.8 Å². The zero-order valence-electron chi connectivity index (χ0n) is 12.6. The molecule has 0 bridgehead atoms. The third-order valence-corrected chi connectivity index (χ3v) is 3.45. The Bertz CT molecular complexity index is 629. The molecule has 0 spiro atoms. The van der Waals surface area contributed by atoms with Crippen LogP contribution in [-0.2, 0) is 9.53 Å². The van der Waals surface area contributed by atoms with Gasteiger partial charge in [-0.15, -0.1) is 0 Å². The van der Waals surface area contributed by atoms with E-state index in [1.54, 1.807) is 18.1 Å². The fourth-order valence-electron chi connectivity index (χ4n) is 2.24. The number of likely N-dealkylation sites (N-methyl/N-ethyl adjacent to an activating group) is 1. The number of methoxy groups -OCH3 is 1. The molecule has 0 aromatic heterocycles. The van der Waals surface area contributed by atoms with Crippen molar-refractivity contribution < 1.29 is 9.53 Å². The molecule has 0 heterocycles. The largest absolute Gasteiger partial charge is 0.385 e. The van der Waals surface area contributed by atoms with Gasteiger partial charge in [-0.25, -0.2) is 0 Å². The molecule has 2 rings (SSSR count). The van der Waals surface area contributed by atoms with Gasteiger partial charge in [-0.1, -0.05) is 42.5 Å². The molecule has 0 aliphatic rings.